The van der Waals surface area contributed by atoms with E-state index in [0.717, 1.165) is 0 Å². The molecule has 0 aliphatic rings. The van der Waals surface area contributed by atoms with Crippen molar-refractivity contribution in [2.75, 3.05) is 0 Å². The number of rotatable bonds is 7. The Morgan fingerprint density at radius 1 is 0.935 bits per heavy atom. The Kier molecular flexibility index (Phi) is 8.48. The summed E-state index contributed by atoms with van der Waals surface area (Å²) in [5, 5.41) is 4.10. The molecule has 0 bridgehead atoms. The Balaban J connectivity index is 2.76. The highest BCUT2D eigenvalue weighted by Gasteiger charge is 2.39. The summed E-state index contributed by atoms with van der Waals surface area (Å²) in [6.07, 6.45) is -7.70. The summed E-state index contributed by atoms with van der Waals surface area (Å²) in [5.74, 6) is -2.07. The second kappa shape index (κ2) is 10.0. The summed E-state index contributed by atoms with van der Waals surface area (Å²) in [5.41, 5.74) is -0.771. The number of carbonyl (C=O) groups is 3. The molecular weight excluding hydrogens is 417 g/mol. The van der Waals surface area contributed by atoms with Crippen LogP contribution in [0, 0.1) is 0 Å². The summed E-state index contributed by atoms with van der Waals surface area (Å²) in [7, 11) is 0. The molecule has 1 atom stereocenters. The summed E-state index contributed by atoms with van der Waals surface area (Å²) in [6, 6.07) is 4.55. The lowest BCUT2D eigenvalue weighted by Crippen LogP contribution is -2.50. The maximum atomic E-state index is 12.8. The van der Waals surface area contributed by atoms with Crippen molar-refractivity contribution in [1.29, 1.82) is 0 Å². The van der Waals surface area contributed by atoms with Gasteiger partial charge in [0.25, 0.3) is 5.91 Å². The van der Waals surface area contributed by atoms with Crippen molar-refractivity contribution in [3.8, 4) is 5.75 Å². The predicted octanol–water partition coefficient (Wildman–Crippen LogP) is 3.89. The molecule has 1 rings (SSSR count). The van der Waals surface area contributed by atoms with Crippen molar-refractivity contribution < 1.29 is 37.0 Å². The smallest absolute Gasteiger partial charge is 0.408 e. The van der Waals surface area contributed by atoms with Gasteiger partial charge in [-0.3, -0.25) is 9.59 Å². The lowest BCUT2D eigenvalue weighted by Gasteiger charge is -2.23. The molecule has 0 radical (unpaired) electrons. The van der Waals surface area contributed by atoms with Gasteiger partial charge in [-0.1, -0.05) is 12.1 Å². The highest BCUT2D eigenvalue weighted by Crippen LogP contribution is 2.22. The number of halogens is 3. The fourth-order valence-electron chi connectivity index (χ4n) is 2.35. The van der Waals surface area contributed by atoms with Crippen molar-refractivity contribution in [3.05, 3.63) is 29.8 Å². The monoisotopic (exact) mass is 446 g/mol. The van der Waals surface area contributed by atoms with Gasteiger partial charge in [0.05, 0.1) is 6.42 Å². The summed E-state index contributed by atoms with van der Waals surface area (Å²) in [6.45, 7) is 10.1. The summed E-state index contributed by atoms with van der Waals surface area (Å²) in [4.78, 5) is 36.2. The molecule has 10 heteroatoms. The molecular formula is C21H29F3N2O5. The fraction of sp³-hybridized carbons (Fsp3) is 0.571. The maximum absolute atomic E-state index is 12.8. The molecule has 31 heavy (non-hydrogen) atoms. The fourth-order valence-corrected chi connectivity index (χ4v) is 2.35. The predicted molar refractivity (Wildman–Crippen MR) is 108 cm³/mol. The van der Waals surface area contributed by atoms with Gasteiger partial charge in [0.2, 0.25) is 5.78 Å². The van der Waals surface area contributed by atoms with E-state index in [9.17, 15) is 27.6 Å². The SMILES string of the molecule is CC(C)(C)OC(=O)NC(CC(F)(F)F)C(=O)C(=O)NCc1ccc(OC(C)(C)C)cc1. The third-order valence-electron chi connectivity index (χ3n) is 3.47. The molecule has 0 aromatic heterocycles. The zero-order valence-electron chi connectivity index (χ0n) is 18.5. The van der Waals surface area contributed by atoms with Crippen LogP contribution in [0.5, 0.6) is 5.75 Å². The van der Waals surface area contributed by atoms with Crippen molar-refractivity contribution in [2.24, 2.45) is 0 Å². The van der Waals surface area contributed by atoms with Gasteiger partial charge in [-0.15, -0.1) is 0 Å². The van der Waals surface area contributed by atoms with E-state index in [2.05, 4.69) is 5.32 Å². The number of alkyl carbamates (subject to hydrolysis) is 1. The molecule has 1 aromatic carbocycles. The number of nitrogens with one attached hydrogen (secondary N) is 2. The van der Waals surface area contributed by atoms with Crippen LogP contribution < -0.4 is 15.4 Å². The van der Waals surface area contributed by atoms with E-state index in [1.807, 2.05) is 26.1 Å². The van der Waals surface area contributed by atoms with Gasteiger partial charge >= 0.3 is 12.3 Å². The van der Waals surface area contributed by atoms with Gasteiger partial charge in [-0.05, 0) is 59.2 Å². The van der Waals surface area contributed by atoms with Crippen molar-refractivity contribution in [1.82, 2.24) is 10.6 Å². The molecule has 0 saturated heterocycles. The van der Waals surface area contributed by atoms with Crippen LogP contribution in [0.25, 0.3) is 0 Å². The molecule has 0 saturated carbocycles. The maximum Gasteiger partial charge on any atom is 0.408 e. The number of ketones is 1. The minimum Gasteiger partial charge on any atom is -0.488 e. The van der Waals surface area contributed by atoms with Crippen LogP contribution in [0.3, 0.4) is 0 Å². The van der Waals surface area contributed by atoms with Crippen LogP contribution in [0.1, 0.15) is 53.5 Å². The molecule has 0 aliphatic heterocycles. The minimum atomic E-state index is -4.78. The van der Waals surface area contributed by atoms with Crippen LogP contribution in [0.2, 0.25) is 0 Å². The third kappa shape index (κ3) is 11.3. The summed E-state index contributed by atoms with van der Waals surface area (Å²) < 4.78 is 49.1. The van der Waals surface area contributed by atoms with Crippen LogP contribution in [-0.2, 0) is 20.9 Å². The van der Waals surface area contributed by atoms with Gasteiger partial charge in [-0.2, -0.15) is 13.2 Å². The van der Waals surface area contributed by atoms with E-state index < -0.39 is 47.6 Å². The van der Waals surface area contributed by atoms with Crippen LogP contribution in [-0.4, -0.2) is 41.2 Å². The second-order valence-corrected chi connectivity index (χ2v) is 8.92. The Morgan fingerprint density at radius 3 is 1.94 bits per heavy atom. The van der Waals surface area contributed by atoms with Crippen molar-refractivity contribution in [3.63, 3.8) is 0 Å². The molecule has 2 amide bonds. The van der Waals surface area contributed by atoms with E-state index in [1.54, 1.807) is 24.3 Å². The first kappa shape index (κ1) is 26.3. The highest BCUT2D eigenvalue weighted by atomic mass is 19.4. The first-order valence-electron chi connectivity index (χ1n) is 9.61. The van der Waals surface area contributed by atoms with Gasteiger partial charge in [0.1, 0.15) is 23.0 Å². The van der Waals surface area contributed by atoms with Gasteiger partial charge < -0.3 is 20.1 Å². The average Bonchev–Trinajstić information content (AvgIpc) is 2.55. The Labute approximate surface area is 179 Å². The molecule has 0 aliphatic carbocycles. The second-order valence-electron chi connectivity index (χ2n) is 8.92. The number of hydrogen-bond donors (Lipinski definition) is 2. The first-order chi connectivity index (χ1) is 14.0. The average molecular weight is 446 g/mol. The van der Waals surface area contributed by atoms with E-state index in [0.29, 0.717) is 11.3 Å². The number of ether oxygens (including phenoxy) is 2. The third-order valence-corrected chi connectivity index (χ3v) is 3.47. The lowest BCUT2D eigenvalue weighted by molar-refractivity contribution is -0.152. The number of hydrogen-bond acceptors (Lipinski definition) is 5. The van der Waals surface area contributed by atoms with E-state index >= 15 is 0 Å². The summed E-state index contributed by atoms with van der Waals surface area (Å²) >= 11 is 0. The Bertz CT molecular complexity index is 778. The molecule has 0 fully saturated rings. The van der Waals surface area contributed by atoms with E-state index in [-0.39, 0.29) is 6.54 Å². The van der Waals surface area contributed by atoms with Crippen molar-refractivity contribution >= 4 is 17.8 Å². The largest absolute Gasteiger partial charge is 0.488 e. The number of alkyl halides is 3. The zero-order chi connectivity index (χ0) is 24.0. The quantitative estimate of drug-likeness (QED) is 0.620. The van der Waals surface area contributed by atoms with Crippen LogP contribution >= 0.6 is 0 Å². The minimum absolute atomic E-state index is 0.0917. The van der Waals surface area contributed by atoms with Crippen LogP contribution in [0.15, 0.2) is 24.3 Å². The topological polar surface area (TPSA) is 93.7 Å². The number of Topliss-reactive ketones (excluding diaryl/α,β-unsaturated/α-hetero) is 1. The molecule has 0 spiro atoms. The molecule has 1 unspecified atom stereocenters. The zero-order valence-corrected chi connectivity index (χ0v) is 18.5. The number of amides is 2. The van der Waals surface area contributed by atoms with Gasteiger partial charge in [-0.25, -0.2) is 4.79 Å². The lowest BCUT2D eigenvalue weighted by atomic mass is 10.1. The Hall–Kier alpha value is -2.78. The van der Waals surface area contributed by atoms with E-state index in [1.165, 1.54) is 20.8 Å². The normalized spacial score (nSPS) is 13.2. The van der Waals surface area contributed by atoms with Crippen LogP contribution in [0.4, 0.5) is 18.0 Å². The molecule has 174 valence electrons. The Morgan fingerprint density at radius 2 is 1.48 bits per heavy atom. The van der Waals surface area contributed by atoms with Gasteiger partial charge in [0.15, 0.2) is 0 Å². The number of benzene rings is 1. The molecule has 2 N–H and O–H groups in total. The first-order valence-corrected chi connectivity index (χ1v) is 9.61. The molecule has 0 heterocycles. The van der Waals surface area contributed by atoms with Crippen molar-refractivity contribution in [2.45, 2.75) is 77.9 Å². The number of carbonyl (C=O) groups excluding carboxylic acids is 3. The highest BCUT2D eigenvalue weighted by molar-refractivity contribution is 6.38. The molecule has 1 aromatic rings. The van der Waals surface area contributed by atoms with E-state index in [4.69, 9.17) is 9.47 Å². The molecule has 7 nitrogen and oxygen atoms in total. The van der Waals surface area contributed by atoms with Gasteiger partial charge in [0, 0.05) is 6.54 Å². The standard InChI is InChI=1S/C21H29F3N2O5/c1-19(2,3)30-14-9-7-13(8-10-14)12-25-17(28)16(27)15(11-21(22,23)24)26-18(29)31-20(4,5)6/h7-10,15H,11-12H2,1-6H3,(H,25,28)(H,26,29).